The van der Waals surface area contributed by atoms with Gasteiger partial charge >= 0.3 is 0 Å². The number of hydrogen-bond acceptors (Lipinski definition) is 6. The van der Waals surface area contributed by atoms with Crippen LogP contribution in [0.25, 0.3) is 11.1 Å². The molecule has 0 saturated heterocycles. The largest absolute Gasteiger partial charge is 0.361 e. The molecule has 2 aromatic carbocycles. The predicted molar refractivity (Wildman–Crippen MR) is 105 cm³/mol. The van der Waals surface area contributed by atoms with Gasteiger partial charge in [-0.25, -0.2) is 22.0 Å². The van der Waals surface area contributed by atoms with Gasteiger partial charge in [-0.15, -0.1) is 0 Å². The molecule has 0 saturated carbocycles. The molecular formula is C18H19N3O5S2. The van der Waals surface area contributed by atoms with E-state index in [2.05, 4.69) is 9.88 Å². The highest BCUT2D eigenvalue weighted by atomic mass is 32.2. The lowest BCUT2D eigenvalue weighted by atomic mass is 10.0. The van der Waals surface area contributed by atoms with Crippen molar-refractivity contribution in [2.75, 3.05) is 4.72 Å². The average Bonchev–Trinajstić information content (AvgIpc) is 2.93. The van der Waals surface area contributed by atoms with Crippen LogP contribution in [0.5, 0.6) is 0 Å². The third-order valence-corrected chi connectivity index (χ3v) is 6.69. The summed E-state index contributed by atoms with van der Waals surface area (Å²) in [6, 6.07) is 10.2. The Labute approximate surface area is 163 Å². The highest BCUT2D eigenvalue weighted by molar-refractivity contribution is 7.92. The number of sulfonamides is 2. The number of nitrogens with zero attached hydrogens (tertiary/aromatic N) is 1. The van der Waals surface area contributed by atoms with Crippen LogP contribution >= 0.6 is 0 Å². The summed E-state index contributed by atoms with van der Waals surface area (Å²) in [5.74, 6) is 0.594. The van der Waals surface area contributed by atoms with E-state index in [4.69, 9.17) is 9.66 Å². The van der Waals surface area contributed by atoms with Gasteiger partial charge in [-0.05, 0) is 62.2 Å². The number of anilines is 1. The number of aromatic nitrogens is 1. The summed E-state index contributed by atoms with van der Waals surface area (Å²) in [4.78, 5) is -0.00689. The number of nitrogens with two attached hydrogens (primary N) is 1. The van der Waals surface area contributed by atoms with Crippen LogP contribution in [0.15, 0.2) is 56.8 Å². The first-order valence-electron chi connectivity index (χ1n) is 8.18. The van der Waals surface area contributed by atoms with Gasteiger partial charge in [0.2, 0.25) is 10.0 Å². The number of hydrogen-bond donors (Lipinski definition) is 2. The van der Waals surface area contributed by atoms with Crippen molar-refractivity contribution in [2.24, 2.45) is 5.14 Å². The van der Waals surface area contributed by atoms with Crippen LogP contribution in [0.4, 0.5) is 5.69 Å². The first-order valence-corrected chi connectivity index (χ1v) is 11.2. The van der Waals surface area contributed by atoms with Crippen molar-refractivity contribution in [3.05, 3.63) is 59.5 Å². The molecule has 0 aliphatic carbocycles. The van der Waals surface area contributed by atoms with Crippen LogP contribution in [0, 0.1) is 20.8 Å². The van der Waals surface area contributed by atoms with Gasteiger partial charge in [0.1, 0.15) is 5.76 Å². The fraction of sp³-hybridized carbons (Fsp3) is 0.167. The zero-order chi connectivity index (χ0) is 20.7. The molecule has 148 valence electrons. The van der Waals surface area contributed by atoms with Crippen molar-refractivity contribution in [1.29, 1.82) is 0 Å². The van der Waals surface area contributed by atoms with Crippen molar-refractivity contribution < 1.29 is 21.4 Å². The molecular weight excluding hydrogens is 402 g/mol. The first kappa shape index (κ1) is 20.1. The number of benzene rings is 2. The topological polar surface area (TPSA) is 132 Å². The molecule has 1 heterocycles. The molecule has 3 aromatic rings. The molecule has 0 aliphatic heterocycles. The fourth-order valence-electron chi connectivity index (χ4n) is 2.86. The summed E-state index contributed by atoms with van der Waals surface area (Å²) in [7, 11) is -7.77. The normalized spacial score (nSPS) is 12.1. The van der Waals surface area contributed by atoms with Crippen molar-refractivity contribution in [1.82, 2.24) is 5.16 Å². The molecule has 0 unspecified atom stereocenters. The Bertz CT molecular complexity index is 1230. The van der Waals surface area contributed by atoms with E-state index in [-0.39, 0.29) is 15.5 Å². The SMILES string of the molecule is Cc1ccc(-c2c(C)noc2C)cc1S(=O)(=O)Nc1ccc(S(N)(=O)=O)cc1. The van der Waals surface area contributed by atoms with Crippen LogP contribution < -0.4 is 9.86 Å². The Hall–Kier alpha value is -2.69. The summed E-state index contributed by atoms with van der Waals surface area (Å²) in [5.41, 5.74) is 2.86. The van der Waals surface area contributed by atoms with Crippen LogP contribution in [0.2, 0.25) is 0 Å². The van der Waals surface area contributed by atoms with E-state index in [1.165, 1.54) is 24.3 Å². The van der Waals surface area contributed by atoms with Crippen molar-refractivity contribution >= 4 is 25.7 Å². The van der Waals surface area contributed by atoms with Gasteiger partial charge in [0, 0.05) is 11.3 Å². The molecule has 8 nitrogen and oxygen atoms in total. The Morgan fingerprint density at radius 2 is 1.61 bits per heavy atom. The van der Waals surface area contributed by atoms with Crippen molar-refractivity contribution in [3.63, 3.8) is 0 Å². The highest BCUT2D eigenvalue weighted by Gasteiger charge is 2.20. The van der Waals surface area contributed by atoms with Crippen LogP contribution in [0.3, 0.4) is 0 Å². The van der Waals surface area contributed by atoms with Gasteiger partial charge in [0.05, 0.1) is 15.5 Å². The molecule has 1 aromatic heterocycles. The van der Waals surface area contributed by atoms with Crippen LogP contribution in [0.1, 0.15) is 17.0 Å². The van der Waals surface area contributed by atoms with Gasteiger partial charge in [-0.2, -0.15) is 0 Å². The highest BCUT2D eigenvalue weighted by Crippen LogP contribution is 2.30. The maximum Gasteiger partial charge on any atom is 0.262 e. The zero-order valence-corrected chi connectivity index (χ0v) is 17.1. The minimum Gasteiger partial charge on any atom is -0.361 e. The molecule has 0 radical (unpaired) electrons. The summed E-state index contributed by atoms with van der Waals surface area (Å²) < 4.78 is 56.1. The predicted octanol–water partition coefficient (Wildman–Crippen LogP) is 2.72. The molecule has 0 atom stereocenters. The number of nitrogens with one attached hydrogen (secondary N) is 1. The van der Waals surface area contributed by atoms with E-state index in [1.54, 1.807) is 32.9 Å². The van der Waals surface area contributed by atoms with Gasteiger partial charge in [-0.3, -0.25) is 4.72 Å². The maximum absolute atomic E-state index is 12.9. The van der Waals surface area contributed by atoms with E-state index in [0.717, 1.165) is 5.56 Å². The monoisotopic (exact) mass is 421 g/mol. The Morgan fingerprint density at radius 3 is 2.14 bits per heavy atom. The van der Waals surface area contributed by atoms with Crippen LogP contribution in [-0.2, 0) is 20.0 Å². The lowest BCUT2D eigenvalue weighted by molar-refractivity contribution is 0.393. The smallest absolute Gasteiger partial charge is 0.262 e. The van der Waals surface area contributed by atoms with Gasteiger partial charge < -0.3 is 4.52 Å². The van der Waals surface area contributed by atoms with E-state index < -0.39 is 20.0 Å². The molecule has 3 N–H and O–H groups in total. The second kappa shape index (κ2) is 7.04. The second-order valence-corrected chi connectivity index (χ2v) is 9.57. The Kier molecular flexibility index (Phi) is 5.04. The number of rotatable bonds is 5. The minimum atomic E-state index is -3.91. The quantitative estimate of drug-likeness (QED) is 0.651. The first-order chi connectivity index (χ1) is 13.0. The van der Waals surface area contributed by atoms with Gasteiger partial charge in [0.15, 0.2) is 0 Å². The fourth-order valence-corrected chi connectivity index (χ4v) is 4.71. The number of aryl methyl sites for hydroxylation is 3. The Morgan fingerprint density at radius 1 is 0.964 bits per heavy atom. The zero-order valence-electron chi connectivity index (χ0n) is 15.4. The molecule has 0 spiro atoms. The van der Waals surface area contributed by atoms with E-state index in [0.29, 0.717) is 22.6 Å². The summed E-state index contributed by atoms with van der Waals surface area (Å²) in [6.07, 6.45) is 0. The molecule has 0 bridgehead atoms. The molecule has 28 heavy (non-hydrogen) atoms. The molecule has 0 aliphatic rings. The molecule has 0 fully saturated rings. The Balaban J connectivity index is 1.99. The molecule has 3 rings (SSSR count). The third-order valence-electron chi connectivity index (χ3n) is 4.23. The maximum atomic E-state index is 12.9. The van der Waals surface area contributed by atoms with Crippen LogP contribution in [-0.4, -0.2) is 22.0 Å². The summed E-state index contributed by atoms with van der Waals surface area (Å²) in [5, 5.41) is 8.96. The third kappa shape index (κ3) is 3.93. The van der Waals surface area contributed by atoms with E-state index in [1.807, 2.05) is 6.07 Å². The molecule has 0 amide bonds. The second-order valence-electron chi connectivity index (χ2n) is 6.35. The summed E-state index contributed by atoms with van der Waals surface area (Å²) in [6.45, 7) is 5.23. The van der Waals surface area contributed by atoms with Crippen molar-refractivity contribution in [3.8, 4) is 11.1 Å². The lowest BCUT2D eigenvalue weighted by Gasteiger charge is -2.12. The van der Waals surface area contributed by atoms with Crippen molar-refractivity contribution in [2.45, 2.75) is 30.6 Å². The van der Waals surface area contributed by atoms with Gasteiger partial charge in [-0.1, -0.05) is 17.3 Å². The standard InChI is InChI=1S/C18H19N3O5S2/c1-11-4-5-14(18-12(2)20-26-13(18)3)10-17(11)28(24,25)21-15-6-8-16(9-7-15)27(19,22)23/h4-10,21H,1-3H3,(H2,19,22,23). The van der Waals surface area contributed by atoms with E-state index >= 15 is 0 Å². The van der Waals surface area contributed by atoms with Gasteiger partial charge in [0.25, 0.3) is 10.0 Å². The lowest BCUT2D eigenvalue weighted by Crippen LogP contribution is -2.15. The minimum absolute atomic E-state index is 0.0977. The number of primary sulfonamides is 1. The summed E-state index contributed by atoms with van der Waals surface area (Å²) >= 11 is 0. The van der Waals surface area contributed by atoms with E-state index in [9.17, 15) is 16.8 Å². The average molecular weight is 422 g/mol. The molecule has 10 heteroatoms.